The van der Waals surface area contributed by atoms with Crippen LogP contribution in [0.3, 0.4) is 0 Å². The lowest BCUT2D eigenvalue weighted by atomic mass is 9.75. The number of likely N-dealkylation sites (N-methyl/N-ethyl adjacent to an activating group) is 1. The molecule has 1 aliphatic heterocycles. The van der Waals surface area contributed by atoms with Crippen LogP contribution in [0.1, 0.15) is 27.2 Å². The number of rotatable bonds is 5. The highest BCUT2D eigenvalue weighted by molar-refractivity contribution is 5.83. The van der Waals surface area contributed by atoms with E-state index in [2.05, 4.69) is 25.7 Å². The molecular weight excluding hydrogens is 200 g/mol. The van der Waals surface area contributed by atoms with E-state index < -0.39 is 0 Å². The van der Waals surface area contributed by atoms with E-state index in [1.54, 1.807) is 6.08 Å². The average Bonchev–Trinajstić information content (AvgIpc) is 2.75. The Morgan fingerprint density at radius 2 is 2.31 bits per heavy atom. The Kier molecular flexibility index (Phi) is 4.54. The van der Waals surface area contributed by atoms with Gasteiger partial charge in [-0.25, -0.2) is 0 Å². The number of hydrogen-bond acceptors (Lipinski definition) is 2. The molecule has 1 heterocycles. The van der Waals surface area contributed by atoms with Gasteiger partial charge in [0.15, 0.2) is 0 Å². The molecule has 0 bridgehead atoms. The zero-order valence-corrected chi connectivity index (χ0v) is 10.8. The summed E-state index contributed by atoms with van der Waals surface area (Å²) in [6.45, 7) is 13.2. The van der Waals surface area contributed by atoms with E-state index in [1.165, 1.54) is 0 Å². The minimum absolute atomic E-state index is 0.195. The van der Waals surface area contributed by atoms with Crippen LogP contribution in [0.25, 0.3) is 0 Å². The first-order valence-electron chi connectivity index (χ1n) is 6.19. The Morgan fingerprint density at radius 1 is 1.62 bits per heavy atom. The standard InChI is InChI=1S/C13H24N2O/c1-5-9-15(6-2)12(16)13(11(3)4)7-8-14-10-13/h5,11,14H,1,6-10H2,2-4H3. The molecule has 1 saturated heterocycles. The Labute approximate surface area is 98.9 Å². The fraction of sp³-hybridized carbons (Fsp3) is 0.769. The van der Waals surface area contributed by atoms with Crippen molar-refractivity contribution in [3.63, 3.8) is 0 Å². The molecule has 0 aromatic heterocycles. The lowest BCUT2D eigenvalue weighted by molar-refractivity contribution is -0.143. The lowest BCUT2D eigenvalue weighted by Gasteiger charge is -2.36. The van der Waals surface area contributed by atoms with E-state index in [4.69, 9.17) is 0 Å². The van der Waals surface area contributed by atoms with E-state index in [9.17, 15) is 4.79 Å². The van der Waals surface area contributed by atoms with Gasteiger partial charge in [0.1, 0.15) is 0 Å². The highest BCUT2D eigenvalue weighted by Crippen LogP contribution is 2.36. The second-order valence-electron chi connectivity index (χ2n) is 4.87. The molecule has 0 radical (unpaired) electrons. The van der Waals surface area contributed by atoms with Crippen LogP contribution >= 0.6 is 0 Å². The molecule has 1 aliphatic rings. The number of hydrogen-bond donors (Lipinski definition) is 1. The largest absolute Gasteiger partial charge is 0.339 e. The molecule has 1 N–H and O–H groups in total. The van der Waals surface area contributed by atoms with Crippen molar-refractivity contribution in [2.45, 2.75) is 27.2 Å². The van der Waals surface area contributed by atoms with Gasteiger partial charge in [-0.3, -0.25) is 4.79 Å². The maximum Gasteiger partial charge on any atom is 0.230 e. The summed E-state index contributed by atoms with van der Waals surface area (Å²) in [5, 5.41) is 3.32. The quantitative estimate of drug-likeness (QED) is 0.720. The third kappa shape index (κ3) is 2.29. The molecule has 0 aliphatic carbocycles. The first kappa shape index (κ1) is 13.2. The van der Waals surface area contributed by atoms with Crippen LogP contribution in [0.4, 0.5) is 0 Å². The maximum atomic E-state index is 12.6. The summed E-state index contributed by atoms with van der Waals surface area (Å²) >= 11 is 0. The van der Waals surface area contributed by atoms with E-state index in [-0.39, 0.29) is 11.3 Å². The highest BCUT2D eigenvalue weighted by Gasteiger charge is 2.45. The lowest BCUT2D eigenvalue weighted by Crippen LogP contribution is -2.48. The van der Waals surface area contributed by atoms with Crippen molar-refractivity contribution in [2.75, 3.05) is 26.2 Å². The van der Waals surface area contributed by atoms with Gasteiger partial charge >= 0.3 is 0 Å². The van der Waals surface area contributed by atoms with Crippen LogP contribution in [0, 0.1) is 11.3 Å². The predicted octanol–water partition coefficient (Wildman–Crippen LogP) is 1.66. The zero-order chi connectivity index (χ0) is 12.2. The van der Waals surface area contributed by atoms with Crippen molar-refractivity contribution in [3.05, 3.63) is 12.7 Å². The fourth-order valence-electron chi connectivity index (χ4n) is 2.46. The topological polar surface area (TPSA) is 32.3 Å². The van der Waals surface area contributed by atoms with Crippen molar-refractivity contribution in [1.29, 1.82) is 0 Å². The summed E-state index contributed by atoms with van der Waals surface area (Å²) in [4.78, 5) is 14.5. The minimum Gasteiger partial charge on any atom is -0.339 e. The molecular formula is C13H24N2O. The molecule has 3 heteroatoms. The van der Waals surface area contributed by atoms with Crippen molar-refractivity contribution >= 4 is 5.91 Å². The second-order valence-corrected chi connectivity index (χ2v) is 4.87. The van der Waals surface area contributed by atoms with E-state index >= 15 is 0 Å². The third-order valence-corrected chi connectivity index (χ3v) is 3.74. The van der Waals surface area contributed by atoms with Crippen LogP contribution in [-0.4, -0.2) is 37.0 Å². The molecule has 1 rings (SSSR count). The minimum atomic E-state index is -0.195. The van der Waals surface area contributed by atoms with Crippen LogP contribution in [0.5, 0.6) is 0 Å². The number of nitrogens with zero attached hydrogens (tertiary/aromatic N) is 1. The van der Waals surface area contributed by atoms with Crippen molar-refractivity contribution in [3.8, 4) is 0 Å². The summed E-state index contributed by atoms with van der Waals surface area (Å²) in [6.07, 6.45) is 2.76. The molecule has 0 aromatic carbocycles. The van der Waals surface area contributed by atoms with Crippen LogP contribution < -0.4 is 5.32 Å². The Morgan fingerprint density at radius 3 is 2.69 bits per heavy atom. The van der Waals surface area contributed by atoms with Crippen LogP contribution in [0.15, 0.2) is 12.7 Å². The Hall–Kier alpha value is -0.830. The van der Waals surface area contributed by atoms with Gasteiger partial charge in [0.05, 0.1) is 5.41 Å². The second kappa shape index (κ2) is 5.48. The zero-order valence-electron chi connectivity index (χ0n) is 10.8. The summed E-state index contributed by atoms with van der Waals surface area (Å²) in [5.41, 5.74) is -0.195. The molecule has 3 nitrogen and oxygen atoms in total. The molecule has 0 spiro atoms. The SMILES string of the molecule is C=CCN(CC)C(=O)C1(C(C)C)CCNC1. The van der Waals surface area contributed by atoms with E-state index in [1.807, 2.05) is 11.8 Å². The average molecular weight is 224 g/mol. The fourth-order valence-corrected chi connectivity index (χ4v) is 2.46. The van der Waals surface area contributed by atoms with Crippen molar-refractivity contribution in [2.24, 2.45) is 11.3 Å². The molecule has 16 heavy (non-hydrogen) atoms. The number of carbonyl (C=O) groups is 1. The van der Waals surface area contributed by atoms with E-state index in [0.717, 1.165) is 26.1 Å². The molecule has 0 aromatic rings. The molecule has 1 atom stereocenters. The summed E-state index contributed by atoms with van der Waals surface area (Å²) in [6, 6.07) is 0. The smallest absolute Gasteiger partial charge is 0.230 e. The number of nitrogens with one attached hydrogen (secondary N) is 1. The first-order valence-corrected chi connectivity index (χ1v) is 6.19. The number of carbonyl (C=O) groups excluding carboxylic acids is 1. The maximum absolute atomic E-state index is 12.6. The normalized spacial score (nSPS) is 24.8. The highest BCUT2D eigenvalue weighted by atomic mass is 16.2. The van der Waals surface area contributed by atoms with E-state index in [0.29, 0.717) is 12.5 Å². The predicted molar refractivity (Wildman–Crippen MR) is 67.2 cm³/mol. The van der Waals surface area contributed by atoms with Gasteiger partial charge in [-0.1, -0.05) is 19.9 Å². The van der Waals surface area contributed by atoms with Crippen LogP contribution in [-0.2, 0) is 4.79 Å². The molecule has 92 valence electrons. The van der Waals surface area contributed by atoms with Crippen LogP contribution in [0.2, 0.25) is 0 Å². The summed E-state index contributed by atoms with van der Waals surface area (Å²) in [5.74, 6) is 0.670. The number of amides is 1. The third-order valence-electron chi connectivity index (χ3n) is 3.74. The van der Waals surface area contributed by atoms with Gasteiger partial charge in [0.2, 0.25) is 5.91 Å². The van der Waals surface area contributed by atoms with Crippen molar-refractivity contribution < 1.29 is 4.79 Å². The molecule has 1 unspecified atom stereocenters. The van der Waals surface area contributed by atoms with Gasteiger partial charge in [-0.15, -0.1) is 6.58 Å². The summed E-state index contributed by atoms with van der Waals surface area (Å²) in [7, 11) is 0. The first-order chi connectivity index (χ1) is 7.58. The van der Waals surface area contributed by atoms with Crippen molar-refractivity contribution in [1.82, 2.24) is 10.2 Å². The Bertz CT molecular complexity index is 255. The van der Waals surface area contributed by atoms with Gasteiger partial charge in [0.25, 0.3) is 0 Å². The monoisotopic (exact) mass is 224 g/mol. The molecule has 0 saturated carbocycles. The van der Waals surface area contributed by atoms with Gasteiger partial charge < -0.3 is 10.2 Å². The molecule has 1 amide bonds. The van der Waals surface area contributed by atoms with Gasteiger partial charge in [-0.2, -0.15) is 0 Å². The van der Waals surface area contributed by atoms with Gasteiger partial charge in [0, 0.05) is 19.6 Å². The molecule has 1 fully saturated rings. The Balaban J connectivity index is 2.85. The summed E-state index contributed by atoms with van der Waals surface area (Å²) < 4.78 is 0. The van der Waals surface area contributed by atoms with Gasteiger partial charge in [-0.05, 0) is 25.8 Å².